The largest absolute Gasteiger partial charge is 0.369 e. The third-order valence-corrected chi connectivity index (χ3v) is 3.53. The quantitative estimate of drug-likeness (QED) is 0.892. The van der Waals surface area contributed by atoms with Gasteiger partial charge in [0.15, 0.2) is 5.69 Å². The van der Waals surface area contributed by atoms with Crippen molar-refractivity contribution in [3.8, 4) is 0 Å². The van der Waals surface area contributed by atoms with Crippen LogP contribution in [-0.4, -0.2) is 65.2 Å². The van der Waals surface area contributed by atoms with E-state index in [0.29, 0.717) is 5.69 Å². The van der Waals surface area contributed by atoms with Gasteiger partial charge in [0, 0.05) is 32.2 Å². The molecule has 2 rings (SSSR count). The maximum absolute atomic E-state index is 12.4. The lowest BCUT2D eigenvalue weighted by molar-refractivity contribution is 0.0526. The first kappa shape index (κ1) is 14.7. The fourth-order valence-electron chi connectivity index (χ4n) is 2.38. The van der Waals surface area contributed by atoms with Crippen molar-refractivity contribution in [3.63, 3.8) is 0 Å². The Balaban J connectivity index is 2.01. The topological polar surface area (TPSA) is 61.4 Å². The van der Waals surface area contributed by atoms with Gasteiger partial charge in [-0.2, -0.15) is 0 Å². The Hall–Kier alpha value is -1.69. The van der Waals surface area contributed by atoms with Crippen LogP contribution in [0.2, 0.25) is 0 Å². The molecule has 20 heavy (non-hydrogen) atoms. The number of hydrogen-bond acceptors (Lipinski definition) is 5. The van der Waals surface area contributed by atoms with Crippen molar-refractivity contribution in [3.05, 3.63) is 17.8 Å². The van der Waals surface area contributed by atoms with E-state index in [1.54, 1.807) is 6.07 Å². The summed E-state index contributed by atoms with van der Waals surface area (Å²) in [6.07, 6.45) is 1.03. The number of carbonyl (C=O) groups is 1. The summed E-state index contributed by atoms with van der Waals surface area (Å²) in [7, 11) is 2.08. The Morgan fingerprint density at radius 1 is 1.40 bits per heavy atom. The van der Waals surface area contributed by atoms with Gasteiger partial charge >= 0.3 is 0 Å². The maximum Gasteiger partial charge on any atom is 0.274 e. The zero-order chi connectivity index (χ0) is 14.5. The normalized spacial score (nSPS) is 19.9. The number of aromatic nitrogens is 2. The molecule has 6 nitrogen and oxygen atoms in total. The highest BCUT2D eigenvalue weighted by atomic mass is 16.2. The minimum absolute atomic E-state index is 0.0276. The van der Waals surface area contributed by atoms with Crippen molar-refractivity contribution < 1.29 is 4.79 Å². The van der Waals surface area contributed by atoms with Crippen LogP contribution in [0, 0.1) is 0 Å². The number of piperazine rings is 1. The first-order chi connectivity index (χ1) is 9.61. The molecule has 1 N–H and O–H groups in total. The predicted molar refractivity (Wildman–Crippen MR) is 78.8 cm³/mol. The van der Waals surface area contributed by atoms with Gasteiger partial charge in [-0.3, -0.25) is 4.79 Å². The molecule has 0 aromatic carbocycles. The number of anilines is 1. The van der Waals surface area contributed by atoms with Crippen molar-refractivity contribution in [2.75, 3.05) is 38.5 Å². The van der Waals surface area contributed by atoms with Crippen molar-refractivity contribution >= 4 is 11.7 Å². The molecule has 0 radical (unpaired) electrons. The van der Waals surface area contributed by atoms with Crippen LogP contribution in [0.15, 0.2) is 12.1 Å². The van der Waals surface area contributed by atoms with Gasteiger partial charge in [0.1, 0.15) is 5.82 Å². The monoisotopic (exact) mass is 277 g/mol. The molecule has 0 saturated carbocycles. The minimum Gasteiger partial charge on any atom is -0.369 e. The zero-order valence-corrected chi connectivity index (χ0v) is 12.5. The molecule has 1 aromatic heterocycles. The number of carbonyl (C=O) groups excluding carboxylic acids is 1. The number of nitrogens with zero attached hydrogens (tertiary/aromatic N) is 4. The Labute approximate surface area is 120 Å². The van der Waals surface area contributed by atoms with E-state index in [9.17, 15) is 4.79 Å². The first-order valence-corrected chi connectivity index (χ1v) is 7.19. The van der Waals surface area contributed by atoms with E-state index in [-0.39, 0.29) is 11.9 Å². The lowest BCUT2D eigenvalue weighted by atomic mass is 10.2. The second kappa shape index (κ2) is 6.65. The summed E-state index contributed by atoms with van der Waals surface area (Å²) in [5.41, 5.74) is 0.420. The zero-order valence-electron chi connectivity index (χ0n) is 12.5. The van der Waals surface area contributed by atoms with E-state index >= 15 is 0 Å². The highest BCUT2D eigenvalue weighted by Gasteiger charge is 2.27. The highest BCUT2D eigenvalue weighted by Crippen LogP contribution is 2.12. The van der Waals surface area contributed by atoms with E-state index in [1.807, 2.05) is 11.0 Å². The van der Waals surface area contributed by atoms with Gasteiger partial charge < -0.3 is 15.1 Å². The highest BCUT2D eigenvalue weighted by molar-refractivity contribution is 5.92. The van der Waals surface area contributed by atoms with Gasteiger partial charge in [-0.1, -0.05) is 6.92 Å². The summed E-state index contributed by atoms with van der Waals surface area (Å²) in [6.45, 7) is 7.56. The molecule has 6 heteroatoms. The molecule has 0 aliphatic carbocycles. The molecule has 0 spiro atoms. The van der Waals surface area contributed by atoms with Crippen LogP contribution in [0.1, 0.15) is 30.8 Å². The van der Waals surface area contributed by atoms with E-state index in [1.165, 1.54) is 0 Å². The Kier molecular flexibility index (Phi) is 4.89. The number of rotatable bonds is 4. The Morgan fingerprint density at radius 3 is 2.80 bits per heavy atom. The average molecular weight is 277 g/mol. The molecule has 2 heterocycles. The Bertz CT molecular complexity index is 447. The summed E-state index contributed by atoms with van der Waals surface area (Å²) in [4.78, 5) is 16.5. The first-order valence-electron chi connectivity index (χ1n) is 7.19. The summed E-state index contributed by atoms with van der Waals surface area (Å²) >= 11 is 0. The fraction of sp³-hybridized carbons (Fsp3) is 0.643. The molecule has 1 atom stereocenters. The average Bonchev–Trinajstić information content (AvgIpc) is 2.45. The maximum atomic E-state index is 12.4. The molecule has 1 aliphatic rings. The lowest BCUT2D eigenvalue weighted by Gasteiger charge is -2.37. The summed E-state index contributed by atoms with van der Waals surface area (Å²) in [5, 5.41) is 11.2. The van der Waals surface area contributed by atoms with Gasteiger partial charge in [0.25, 0.3) is 5.91 Å². The molecule has 1 aromatic rings. The van der Waals surface area contributed by atoms with Crippen molar-refractivity contribution in [2.45, 2.75) is 26.3 Å². The lowest BCUT2D eigenvalue weighted by Crippen LogP contribution is -2.52. The summed E-state index contributed by atoms with van der Waals surface area (Å²) < 4.78 is 0. The number of amides is 1. The third-order valence-electron chi connectivity index (χ3n) is 3.53. The second-order valence-corrected chi connectivity index (χ2v) is 5.34. The van der Waals surface area contributed by atoms with Crippen molar-refractivity contribution in [1.82, 2.24) is 20.0 Å². The smallest absolute Gasteiger partial charge is 0.274 e. The second-order valence-electron chi connectivity index (χ2n) is 5.34. The molecule has 1 saturated heterocycles. The van der Waals surface area contributed by atoms with Crippen LogP contribution >= 0.6 is 0 Å². The van der Waals surface area contributed by atoms with E-state index in [4.69, 9.17) is 0 Å². The van der Waals surface area contributed by atoms with Gasteiger partial charge in [-0.25, -0.2) is 0 Å². The van der Waals surface area contributed by atoms with Gasteiger partial charge in [-0.15, -0.1) is 10.2 Å². The van der Waals surface area contributed by atoms with Gasteiger partial charge in [0.2, 0.25) is 0 Å². The summed E-state index contributed by atoms with van der Waals surface area (Å²) in [5.74, 6) is 0.690. The van der Waals surface area contributed by atoms with Crippen LogP contribution in [0.4, 0.5) is 5.82 Å². The third kappa shape index (κ3) is 3.45. The molecule has 1 unspecified atom stereocenters. The van der Waals surface area contributed by atoms with Crippen molar-refractivity contribution in [1.29, 1.82) is 0 Å². The standard InChI is InChI=1S/C14H23N5O/c1-4-7-15-13-6-5-12(16-17-13)14(20)19-9-8-18(3)10-11(19)2/h5-6,11H,4,7-10H2,1-3H3,(H,15,17). The van der Waals surface area contributed by atoms with Crippen LogP contribution in [0.5, 0.6) is 0 Å². The summed E-state index contributed by atoms with van der Waals surface area (Å²) in [6, 6.07) is 3.77. The number of likely N-dealkylation sites (N-methyl/N-ethyl adjacent to an activating group) is 1. The molecule has 0 bridgehead atoms. The molecule has 1 fully saturated rings. The van der Waals surface area contributed by atoms with Crippen LogP contribution in [0.3, 0.4) is 0 Å². The minimum atomic E-state index is -0.0276. The number of hydrogen-bond donors (Lipinski definition) is 1. The van der Waals surface area contributed by atoms with Crippen molar-refractivity contribution in [2.24, 2.45) is 0 Å². The molecule has 1 amide bonds. The number of nitrogens with one attached hydrogen (secondary N) is 1. The van der Waals surface area contributed by atoms with Crippen LogP contribution in [0.25, 0.3) is 0 Å². The fourth-order valence-corrected chi connectivity index (χ4v) is 2.38. The molecular formula is C14H23N5O. The SMILES string of the molecule is CCCNc1ccc(C(=O)N2CCN(C)CC2C)nn1. The molecular weight excluding hydrogens is 254 g/mol. The van der Waals surface area contributed by atoms with Gasteiger partial charge in [-0.05, 0) is 32.5 Å². The predicted octanol–water partition coefficient (Wildman–Crippen LogP) is 1.07. The van der Waals surface area contributed by atoms with E-state index in [0.717, 1.165) is 38.4 Å². The molecule has 110 valence electrons. The molecule has 1 aliphatic heterocycles. The van der Waals surface area contributed by atoms with Crippen LogP contribution in [-0.2, 0) is 0 Å². The van der Waals surface area contributed by atoms with E-state index < -0.39 is 0 Å². The Morgan fingerprint density at radius 2 is 2.20 bits per heavy atom. The van der Waals surface area contributed by atoms with Gasteiger partial charge in [0.05, 0.1) is 0 Å². The van der Waals surface area contributed by atoms with E-state index in [2.05, 4.69) is 41.3 Å². The van der Waals surface area contributed by atoms with Crippen LogP contribution < -0.4 is 5.32 Å².